The maximum absolute atomic E-state index is 11.9. The second-order valence-electron chi connectivity index (χ2n) is 7.48. The third kappa shape index (κ3) is 7.71. The Hall–Kier alpha value is -2.81. The molecular formula is C25H31IN4O2. The van der Waals surface area contributed by atoms with Gasteiger partial charge in [-0.15, -0.1) is 24.0 Å². The van der Waals surface area contributed by atoms with Gasteiger partial charge in [0.2, 0.25) is 0 Å². The summed E-state index contributed by atoms with van der Waals surface area (Å²) in [6.45, 7) is 5.93. The number of hydrogen-bond acceptors (Lipinski definition) is 3. The van der Waals surface area contributed by atoms with E-state index in [0.717, 1.165) is 28.4 Å². The van der Waals surface area contributed by atoms with Gasteiger partial charge in [-0.05, 0) is 42.7 Å². The Morgan fingerprint density at radius 2 is 1.69 bits per heavy atom. The second-order valence-corrected chi connectivity index (χ2v) is 7.48. The van der Waals surface area contributed by atoms with E-state index in [2.05, 4.69) is 27.8 Å². The van der Waals surface area contributed by atoms with Gasteiger partial charge in [0.05, 0.1) is 13.1 Å². The van der Waals surface area contributed by atoms with Crippen molar-refractivity contribution in [3.8, 4) is 5.75 Å². The first-order valence-electron chi connectivity index (χ1n) is 10.5. The molecule has 0 aliphatic carbocycles. The molecule has 0 spiro atoms. The highest BCUT2D eigenvalue weighted by Crippen LogP contribution is 2.17. The third-order valence-corrected chi connectivity index (χ3v) is 4.94. The molecule has 170 valence electrons. The molecule has 0 amide bonds. The van der Waals surface area contributed by atoms with Crippen LogP contribution >= 0.6 is 24.0 Å². The number of guanidine groups is 1. The Balaban J connectivity index is 0.00000363. The zero-order chi connectivity index (χ0) is 22.1. The fourth-order valence-corrected chi connectivity index (χ4v) is 3.14. The molecule has 1 aromatic heterocycles. The van der Waals surface area contributed by atoms with Gasteiger partial charge in [-0.25, -0.2) is 0 Å². The average molecular weight is 546 g/mol. The summed E-state index contributed by atoms with van der Waals surface area (Å²) in [6, 6.07) is 21.4. The zero-order valence-corrected chi connectivity index (χ0v) is 21.1. The number of hydrogen-bond donors (Lipinski definition) is 2. The number of rotatable bonds is 8. The van der Waals surface area contributed by atoms with Crippen LogP contribution in [0.3, 0.4) is 0 Å². The van der Waals surface area contributed by atoms with Crippen LogP contribution in [0.2, 0.25) is 0 Å². The number of benzene rings is 2. The minimum absolute atomic E-state index is 0. The summed E-state index contributed by atoms with van der Waals surface area (Å²) in [7, 11) is 1.75. The molecule has 3 rings (SSSR count). The molecule has 0 radical (unpaired) electrons. The zero-order valence-electron chi connectivity index (χ0n) is 18.7. The molecule has 0 bridgehead atoms. The fourth-order valence-electron chi connectivity index (χ4n) is 3.14. The Morgan fingerprint density at radius 3 is 2.38 bits per heavy atom. The summed E-state index contributed by atoms with van der Waals surface area (Å²) >= 11 is 0. The van der Waals surface area contributed by atoms with Crippen LogP contribution in [0.5, 0.6) is 5.75 Å². The number of aromatic nitrogens is 1. The molecule has 1 atom stereocenters. The average Bonchev–Trinajstić information content (AvgIpc) is 2.78. The fraction of sp³-hybridized carbons (Fsp3) is 0.280. The number of aliphatic imine (C=N–C) groups is 1. The number of nitrogens with zero attached hydrogens (tertiary/aromatic N) is 2. The van der Waals surface area contributed by atoms with Crippen molar-refractivity contribution < 1.29 is 4.74 Å². The van der Waals surface area contributed by atoms with E-state index >= 15 is 0 Å². The van der Waals surface area contributed by atoms with Gasteiger partial charge in [0.15, 0.2) is 5.96 Å². The van der Waals surface area contributed by atoms with Gasteiger partial charge in [0, 0.05) is 25.9 Å². The van der Waals surface area contributed by atoms with E-state index < -0.39 is 0 Å². The molecule has 2 aromatic carbocycles. The number of para-hydroxylation sites is 1. The summed E-state index contributed by atoms with van der Waals surface area (Å²) in [5, 5.41) is 6.63. The van der Waals surface area contributed by atoms with Crippen LogP contribution in [-0.2, 0) is 13.1 Å². The van der Waals surface area contributed by atoms with Crippen molar-refractivity contribution in [3.05, 3.63) is 100.0 Å². The first-order chi connectivity index (χ1) is 15.0. The van der Waals surface area contributed by atoms with Crippen molar-refractivity contribution in [3.63, 3.8) is 0 Å². The highest BCUT2D eigenvalue weighted by molar-refractivity contribution is 14.0. The summed E-state index contributed by atoms with van der Waals surface area (Å²) in [6.07, 6.45) is 1.80. The third-order valence-electron chi connectivity index (χ3n) is 4.94. The molecular weight excluding hydrogens is 515 g/mol. The molecule has 1 unspecified atom stereocenters. The Kier molecular flexibility index (Phi) is 10.3. The quantitative estimate of drug-likeness (QED) is 0.255. The van der Waals surface area contributed by atoms with E-state index in [1.807, 2.05) is 56.3 Å². The number of nitrogens with one attached hydrogen (secondary N) is 2. The largest absolute Gasteiger partial charge is 0.489 e. The van der Waals surface area contributed by atoms with Gasteiger partial charge < -0.3 is 19.9 Å². The predicted molar refractivity (Wildman–Crippen MR) is 141 cm³/mol. The molecule has 0 saturated heterocycles. The van der Waals surface area contributed by atoms with Gasteiger partial charge in [-0.2, -0.15) is 0 Å². The summed E-state index contributed by atoms with van der Waals surface area (Å²) in [4.78, 5) is 16.1. The Bertz CT molecular complexity index is 1060. The molecule has 0 fully saturated rings. The van der Waals surface area contributed by atoms with Gasteiger partial charge in [0.25, 0.3) is 5.56 Å². The number of pyridine rings is 1. The van der Waals surface area contributed by atoms with Gasteiger partial charge in [-0.1, -0.05) is 48.5 Å². The van der Waals surface area contributed by atoms with Crippen LogP contribution in [0.25, 0.3) is 0 Å². The lowest BCUT2D eigenvalue weighted by molar-refractivity contribution is 0.222. The van der Waals surface area contributed by atoms with Crippen molar-refractivity contribution in [2.45, 2.75) is 33.0 Å². The van der Waals surface area contributed by atoms with Crippen LogP contribution in [0.15, 0.2) is 82.7 Å². The number of halogens is 1. The van der Waals surface area contributed by atoms with Crippen LogP contribution in [0.1, 0.15) is 23.6 Å². The number of aryl methyl sites for hydroxylation is 1. The van der Waals surface area contributed by atoms with Gasteiger partial charge >= 0.3 is 0 Å². The molecule has 32 heavy (non-hydrogen) atoms. The Morgan fingerprint density at radius 1 is 1.00 bits per heavy atom. The van der Waals surface area contributed by atoms with E-state index in [4.69, 9.17) is 4.74 Å². The molecule has 0 aliphatic heterocycles. The normalized spacial score (nSPS) is 11.9. The molecule has 2 N–H and O–H groups in total. The SMILES string of the molecule is CN=C(NCc1ccc(Cn2ccccc2=O)cc1)NCC(C)Oc1ccccc1C.I. The number of ether oxygens (including phenoxy) is 1. The molecule has 1 heterocycles. The lowest BCUT2D eigenvalue weighted by Crippen LogP contribution is -2.41. The van der Waals surface area contributed by atoms with Gasteiger partial charge in [0.1, 0.15) is 11.9 Å². The molecule has 0 aliphatic rings. The first kappa shape index (κ1) is 25.5. The van der Waals surface area contributed by atoms with E-state index in [-0.39, 0.29) is 35.6 Å². The maximum Gasteiger partial charge on any atom is 0.250 e. The van der Waals surface area contributed by atoms with Crippen LogP contribution in [0.4, 0.5) is 0 Å². The molecule has 7 heteroatoms. The standard InChI is InChI=1S/C25H30N4O2.HI/c1-19-8-4-5-9-23(19)31-20(2)16-27-25(26-3)28-17-21-11-13-22(14-12-21)18-29-15-7-6-10-24(29)30;/h4-15,20H,16-18H2,1-3H3,(H2,26,27,28);1H. The maximum atomic E-state index is 11.9. The lowest BCUT2D eigenvalue weighted by Gasteiger charge is -2.19. The van der Waals surface area contributed by atoms with E-state index in [9.17, 15) is 4.79 Å². The molecule has 6 nitrogen and oxygen atoms in total. The minimum Gasteiger partial charge on any atom is -0.489 e. The summed E-state index contributed by atoms with van der Waals surface area (Å²) in [5.74, 6) is 1.62. The Labute approximate surface area is 206 Å². The molecule has 3 aromatic rings. The van der Waals surface area contributed by atoms with Crippen molar-refractivity contribution in [2.24, 2.45) is 4.99 Å². The summed E-state index contributed by atoms with van der Waals surface area (Å²) in [5.41, 5.74) is 3.35. The van der Waals surface area contributed by atoms with Crippen molar-refractivity contribution in [1.29, 1.82) is 0 Å². The van der Waals surface area contributed by atoms with Gasteiger partial charge in [-0.3, -0.25) is 9.79 Å². The smallest absolute Gasteiger partial charge is 0.250 e. The van der Waals surface area contributed by atoms with Crippen LogP contribution < -0.4 is 20.9 Å². The van der Waals surface area contributed by atoms with Crippen molar-refractivity contribution >= 4 is 29.9 Å². The molecule has 0 saturated carbocycles. The van der Waals surface area contributed by atoms with E-state index in [1.165, 1.54) is 0 Å². The van der Waals surface area contributed by atoms with E-state index in [0.29, 0.717) is 19.6 Å². The highest BCUT2D eigenvalue weighted by atomic mass is 127. The van der Waals surface area contributed by atoms with Crippen molar-refractivity contribution in [1.82, 2.24) is 15.2 Å². The second kappa shape index (κ2) is 12.9. The first-order valence-corrected chi connectivity index (χ1v) is 10.5. The van der Waals surface area contributed by atoms with Crippen LogP contribution in [0, 0.1) is 6.92 Å². The topological polar surface area (TPSA) is 67.7 Å². The summed E-state index contributed by atoms with van der Waals surface area (Å²) < 4.78 is 7.70. The van der Waals surface area contributed by atoms with Crippen LogP contribution in [-0.4, -0.2) is 30.2 Å². The highest BCUT2D eigenvalue weighted by Gasteiger charge is 2.07. The minimum atomic E-state index is 0. The lowest BCUT2D eigenvalue weighted by atomic mass is 10.1. The van der Waals surface area contributed by atoms with E-state index in [1.54, 1.807) is 29.9 Å². The predicted octanol–water partition coefficient (Wildman–Crippen LogP) is 3.96. The van der Waals surface area contributed by atoms with Crippen molar-refractivity contribution in [2.75, 3.05) is 13.6 Å². The monoisotopic (exact) mass is 546 g/mol.